The topological polar surface area (TPSA) is 27.8 Å². The molecule has 0 amide bonds. The zero-order valence-corrected chi connectivity index (χ0v) is 10.7. The van der Waals surface area contributed by atoms with Gasteiger partial charge in [-0.3, -0.25) is 0 Å². The maximum Gasteiger partial charge on any atom is 0.0482 e. The normalized spacial score (nSPS) is 11.1. The zero-order chi connectivity index (χ0) is 10.8. The number of halogens is 2. The van der Waals surface area contributed by atoms with E-state index in [4.69, 9.17) is 11.6 Å². The van der Waals surface area contributed by atoms with Crippen molar-refractivity contribution in [1.82, 2.24) is 10.3 Å². The van der Waals surface area contributed by atoms with E-state index in [9.17, 15) is 0 Å². The van der Waals surface area contributed by atoms with Crippen molar-refractivity contribution >= 4 is 38.4 Å². The van der Waals surface area contributed by atoms with E-state index >= 15 is 0 Å². The third kappa shape index (κ3) is 2.19. The molecule has 2 N–H and O–H groups in total. The highest BCUT2D eigenvalue weighted by molar-refractivity contribution is 9.10. The molecule has 0 saturated heterocycles. The number of H-pyrrole nitrogens is 1. The van der Waals surface area contributed by atoms with Crippen LogP contribution in [0.5, 0.6) is 0 Å². The first-order valence-electron chi connectivity index (χ1n) is 4.82. The van der Waals surface area contributed by atoms with Crippen molar-refractivity contribution in [2.24, 2.45) is 0 Å². The lowest BCUT2D eigenvalue weighted by molar-refractivity contribution is 0.779. The summed E-state index contributed by atoms with van der Waals surface area (Å²) in [4.78, 5) is 3.37. The van der Waals surface area contributed by atoms with Crippen LogP contribution in [0.15, 0.2) is 22.7 Å². The minimum Gasteiger partial charge on any atom is -0.357 e. The number of rotatable bonds is 3. The van der Waals surface area contributed by atoms with Crippen LogP contribution >= 0.6 is 27.5 Å². The fourth-order valence-corrected chi connectivity index (χ4v) is 2.43. The molecule has 0 aliphatic heterocycles. The maximum atomic E-state index is 5.94. The van der Waals surface area contributed by atoms with Crippen molar-refractivity contribution in [3.05, 3.63) is 33.4 Å². The number of aromatic nitrogens is 1. The number of benzene rings is 1. The largest absolute Gasteiger partial charge is 0.357 e. The van der Waals surface area contributed by atoms with Gasteiger partial charge in [-0.15, -0.1) is 0 Å². The second-order valence-electron chi connectivity index (χ2n) is 3.46. The van der Waals surface area contributed by atoms with Gasteiger partial charge in [-0.2, -0.15) is 0 Å². The molecule has 2 nitrogen and oxygen atoms in total. The van der Waals surface area contributed by atoms with Gasteiger partial charge in [0.1, 0.15) is 0 Å². The number of likely N-dealkylation sites (N-methyl/N-ethyl adjacent to an activating group) is 1. The monoisotopic (exact) mass is 286 g/mol. The van der Waals surface area contributed by atoms with Gasteiger partial charge in [-0.05, 0) is 35.1 Å². The number of aromatic amines is 1. The Balaban J connectivity index is 2.44. The summed E-state index contributed by atoms with van der Waals surface area (Å²) in [5.41, 5.74) is 2.29. The zero-order valence-electron chi connectivity index (χ0n) is 8.40. The molecule has 0 atom stereocenters. The van der Waals surface area contributed by atoms with Gasteiger partial charge in [0, 0.05) is 39.1 Å². The van der Waals surface area contributed by atoms with E-state index < -0.39 is 0 Å². The maximum absolute atomic E-state index is 5.94. The van der Waals surface area contributed by atoms with Gasteiger partial charge in [0.05, 0.1) is 0 Å². The third-order valence-electron chi connectivity index (χ3n) is 2.39. The van der Waals surface area contributed by atoms with Gasteiger partial charge in [-0.1, -0.05) is 17.7 Å². The Morgan fingerprint density at radius 2 is 2.27 bits per heavy atom. The Kier molecular flexibility index (Phi) is 3.34. The van der Waals surface area contributed by atoms with E-state index in [0.717, 1.165) is 28.0 Å². The van der Waals surface area contributed by atoms with E-state index in [1.54, 1.807) is 0 Å². The van der Waals surface area contributed by atoms with Gasteiger partial charge < -0.3 is 10.3 Å². The quantitative estimate of drug-likeness (QED) is 0.890. The molecule has 0 bridgehead atoms. The molecule has 80 valence electrons. The first-order chi connectivity index (χ1) is 7.22. The first kappa shape index (κ1) is 11.0. The van der Waals surface area contributed by atoms with Gasteiger partial charge in [-0.25, -0.2) is 0 Å². The molecule has 0 unspecified atom stereocenters. The first-order valence-corrected chi connectivity index (χ1v) is 5.99. The third-order valence-corrected chi connectivity index (χ3v) is 3.53. The summed E-state index contributed by atoms with van der Waals surface area (Å²) in [6.07, 6.45) is 0.976. The van der Waals surface area contributed by atoms with Gasteiger partial charge >= 0.3 is 0 Å². The van der Waals surface area contributed by atoms with Crippen molar-refractivity contribution in [2.45, 2.75) is 6.42 Å². The Morgan fingerprint density at radius 1 is 1.47 bits per heavy atom. The van der Waals surface area contributed by atoms with Gasteiger partial charge in [0.25, 0.3) is 0 Å². The van der Waals surface area contributed by atoms with E-state index in [-0.39, 0.29) is 0 Å². The summed E-state index contributed by atoms with van der Waals surface area (Å²) in [5, 5.41) is 5.08. The molecule has 0 fully saturated rings. The van der Waals surface area contributed by atoms with Crippen LogP contribution in [0.1, 0.15) is 5.69 Å². The predicted octanol–water partition coefficient (Wildman–Crippen LogP) is 3.35. The molecule has 4 heteroatoms. The highest BCUT2D eigenvalue weighted by atomic mass is 79.9. The minimum atomic E-state index is 0.761. The summed E-state index contributed by atoms with van der Waals surface area (Å²) < 4.78 is 1.14. The van der Waals surface area contributed by atoms with E-state index in [1.165, 1.54) is 11.1 Å². The SMILES string of the molecule is CNCCc1[nH]c2cc(Cl)ccc2c1Br. The minimum absolute atomic E-state index is 0.761. The van der Waals surface area contributed by atoms with Crippen molar-refractivity contribution in [2.75, 3.05) is 13.6 Å². The van der Waals surface area contributed by atoms with Gasteiger partial charge in [0.2, 0.25) is 0 Å². The Labute approximate surface area is 102 Å². The Morgan fingerprint density at radius 3 is 3.00 bits per heavy atom. The lowest BCUT2D eigenvalue weighted by Crippen LogP contribution is -2.10. The van der Waals surface area contributed by atoms with Crippen LogP contribution in [0, 0.1) is 0 Å². The molecule has 0 spiro atoms. The summed E-state index contributed by atoms with van der Waals surface area (Å²) in [5.74, 6) is 0. The standard InChI is InChI=1S/C11H12BrClN2/c1-14-5-4-9-11(12)8-3-2-7(13)6-10(8)15-9/h2-3,6,14-15H,4-5H2,1H3. The number of fused-ring (bicyclic) bond motifs is 1. The molecule has 2 rings (SSSR count). The summed E-state index contributed by atoms with van der Waals surface area (Å²) >= 11 is 9.54. The van der Waals surface area contributed by atoms with Crippen LogP contribution in [-0.4, -0.2) is 18.6 Å². The summed E-state index contributed by atoms with van der Waals surface area (Å²) in [6.45, 7) is 0.957. The molecular formula is C11H12BrClN2. The molecule has 1 aromatic heterocycles. The van der Waals surface area contributed by atoms with Crippen LogP contribution < -0.4 is 5.32 Å². The van der Waals surface area contributed by atoms with Crippen molar-refractivity contribution in [1.29, 1.82) is 0 Å². The van der Waals surface area contributed by atoms with Crippen LogP contribution in [0.2, 0.25) is 5.02 Å². The fraction of sp³-hybridized carbons (Fsp3) is 0.273. The van der Waals surface area contributed by atoms with Crippen LogP contribution in [0.4, 0.5) is 0 Å². The molecule has 0 saturated carbocycles. The molecule has 1 aromatic carbocycles. The second kappa shape index (κ2) is 4.56. The van der Waals surface area contributed by atoms with Crippen molar-refractivity contribution in [3.63, 3.8) is 0 Å². The van der Waals surface area contributed by atoms with Crippen LogP contribution in [-0.2, 0) is 6.42 Å². The lowest BCUT2D eigenvalue weighted by atomic mass is 10.2. The van der Waals surface area contributed by atoms with E-state index in [0.29, 0.717) is 0 Å². The predicted molar refractivity (Wildman–Crippen MR) is 68.6 cm³/mol. The highest BCUT2D eigenvalue weighted by Gasteiger charge is 2.08. The lowest BCUT2D eigenvalue weighted by Gasteiger charge is -1.97. The van der Waals surface area contributed by atoms with E-state index in [1.807, 2.05) is 25.2 Å². The second-order valence-corrected chi connectivity index (χ2v) is 4.69. The molecular weight excluding hydrogens is 275 g/mol. The number of hydrogen-bond donors (Lipinski definition) is 2. The van der Waals surface area contributed by atoms with Gasteiger partial charge in [0.15, 0.2) is 0 Å². The number of hydrogen-bond acceptors (Lipinski definition) is 1. The van der Waals surface area contributed by atoms with E-state index in [2.05, 4.69) is 26.2 Å². The van der Waals surface area contributed by atoms with Crippen molar-refractivity contribution in [3.8, 4) is 0 Å². The molecule has 0 aliphatic rings. The Bertz CT molecular complexity index is 479. The molecule has 0 aliphatic carbocycles. The average molecular weight is 288 g/mol. The highest BCUT2D eigenvalue weighted by Crippen LogP contribution is 2.29. The molecule has 0 radical (unpaired) electrons. The Hall–Kier alpha value is -0.510. The smallest absolute Gasteiger partial charge is 0.0482 e. The molecule has 1 heterocycles. The average Bonchev–Trinajstić information content (AvgIpc) is 2.52. The summed E-state index contributed by atoms with van der Waals surface area (Å²) in [6, 6.07) is 5.88. The molecule has 15 heavy (non-hydrogen) atoms. The fourth-order valence-electron chi connectivity index (χ4n) is 1.61. The van der Waals surface area contributed by atoms with Crippen LogP contribution in [0.25, 0.3) is 10.9 Å². The van der Waals surface area contributed by atoms with Crippen LogP contribution in [0.3, 0.4) is 0 Å². The number of nitrogens with one attached hydrogen (secondary N) is 2. The van der Waals surface area contributed by atoms with Crippen molar-refractivity contribution < 1.29 is 0 Å². The molecule has 2 aromatic rings. The summed E-state index contributed by atoms with van der Waals surface area (Å²) in [7, 11) is 1.95.